The largest absolute Gasteiger partial charge is 0.348 e. The first kappa shape index (κ1) is 18.5. The van der Waals surface area contributed by atoms with Gasteiger partial charge in [-0.25, -0.2) is 9.07 Å². The average Bonchev–Trinajstić information content (AvgIpc) is 2.76. The number of nitrogens with zero attached hydrogens (tertiary/aromatic N) is 3. The summed E-state index contributed by atoms with van der Waals surface area (Å²) < 4.78 is 14.2. The molecule has 4 aromatic rings. The summed E-state index contributed by atoms with van der Waals surface area (Å²) in [4.78, 5) is 24.8. The monoisotopic (exact) mass is 388 g/mol. The molecule has 0 saturated heterocycles. The highest BCUT2D eigenvalue weighted by Crippen LogP contribution is 2.08. The molecule has 4 rings (SSSR count). The Morgan fingerprint density at radius 1 is 0.931 bits per heavy atom. The molecule has 0 saturated carbocycles. The zero-order valence-electron chi connectivity index (χ0n) is 15.4. The Morgan fingerprint density at radius 2 is 1.62 bits per heavy atom. The lowest BCUT2D eigenvalue weighted by Gasteiger charge is -2.08. The van der Waals surface area contributed by atoms with Crippen LogP contribution in [0.1, 0.15) is 21.5 Å². The lowest BCUT2D eigenvalue weighted by atomic mass is 10.1. The fourth-order valence-corrected chi connectivity index (χ4v) is 2.95. The number of benzene rings is 3. The minimum absolute atomic E-state index is 0.211. The SMILES string of the molecule is O=C(NCc1ccc(F)cc1)c1ccc(Cn2nnc3ccccc3c2=O)cc1. The van der Waals surface area contributed by atoms with Gasteiger partial charge in [0.1, 0.15) is 11.3 Å². The van der Waals surface area contributed by atoms with Crippen LogP contribution in [0.2, 0.25) is 0 Å². The molecule has 1 N–H and O–H groups in total. The van der Waals surface area contributed by atoms with E-state index in [1.807, 2.05) is 0 Å². The van der Waals surface area contributed by atoms with E-state index < -0.39 is 0 Å². The maximum absolute atomic E-state index is 12.9. The molecule has 0 atom stereocenters. The zero-order chi connectivity index (χ0) is 20.2. The summed E-state index contributed by atoms with van der Waals surface area (Å²) in [6.07, 6.45) is 0. The Balaban J connectivity index is 1.44. The van der Waals surface area contributed by atoms with Crippen LogP contribution in [0.15, 0.2) is 77.6 Å². The Labute approximate surface area is 165 Å². The normalized spacial score (nSPS) is 10.8. The van der Waals surface area contributed by atoms with Gasteiger partial charge in [0.15, 0.2) is 0 Å². The highest BCUT2D eigenvalue weighted by atomic mass is 19.1. The van der Waals surface area contributed by atoms with E-state index in [0.717, 1.165) is 11.1 Å². The summed E-state index contributed by atoms with van der Waals surface area (Å²) >= 11 is 0. The van der Waals surface area contributed by atoms with Gasteiger partial charge in [-0.15, -0.1) is 5.10 Å². The molecule has 29 heavy (non-hydrogen) atoms. The molecular weight excluding hydrogens is 371 g/mol. The summed E-state index contributed by atoms with van der Waals surface area (Å²) in [5.74, 6) is -0.547. The van der Waals surface area contributed by atoms with Gasteiger partial charge >= 0.3 is 0 Å². The lowest BCUT2D eigenvalue weighted by Crippen LogP contribution is -2.25. The van der Waals surface area contributed by atoms with E-state index in [4.69, 9.17) is 0 Å². The number of amides is 1. The Hall–Kier alpha value is -3.87. The fraction of sp³-hybridized carbons (Fsp3) is 0.0909. The van der Waals surface area contributed by atoms with E-state index in [-0.39, 0.29) is 23.8 Å². The molecule has 144 valence electrons. The molecule has 0 aliphatic carbocycles. The van der Waals surface area contributed by atoms with Crippen LogP contribution in [0.5, 0.6) is 0 Å². The third-order valence-corrected chi connectivity index (χ3v) is 4.54. The predicted octanol–water partition coefficient (Wildman–Crippen LogP) is 2.91. The van der Waals surface area contributed by atoms with Crippen LogP contribution >= 0.6 is 0 Å². The minimum Gasteiger partial charge on any atom is -0.348 e. The van der Waals surface area contributed by atoms with Gasteiger partial charge in [0.25, 0.3) is 11.5 Å². The van der Waals surface area contributed by atoms with Gasteiger partial charge in [0.2, 0.25) is 0 Å². The van der Waals surface area contributed by atoms with Crippen molar-refractivity contribution in [2.24, 2.45) is 0 Å². The number of rotatable bonds is 5. The summed E-state index contributed by atoms with van der Waals surface area (Å²) in [6, 6.07) is 19.9. The fourth-order valence-electron chi connectivity index (χ4n) is 2.95. The number of halogens is 1. The van der Waals surface area contributed by atoms with E-state index >= 15 is 0 Å². The molecular formula is C22H17FN4O2. The molecule has 0 fully saturated rings. The van der Waals surface area contributed by atoms with Crippen LogP contribution < -0.4 is 10.9 Å². The molecule has 1 heterocycles. The number of nitrogens with one attached hydrogen (secondary N) is 1. The number of hydrogen-bond acceptors (Lipinski definition) is 4. The highest BCUT2D eigenvalue weighted by molar-refractivity contribution is 5.94. The van der Waals surface area contributed by atoms with Crippen molar-refractivity contribution >= 4 is 16.8 Å². The van der Waals surface area contributed by atoms with Crippen molar-refractivity contribution < 1.29 is 9.18 Å². The second-order valence-corrected chi connectivity index (χ2v) is 6.58. The van der Waals surface area contributed by atoms with Gasteiger partial charge in [-0.1, -0.05) is 41.6 Å². The van der Waals surface area contributed by atoms with Crippen molar-refractivity contribution in [1.82, 2.24) is 20.3 Å². The smallest absolute Gasteiger partial charge is 0.277 e. The van der Waals surface area contributed by atoms with Crippen molar-refractivity contribution in [1.29, 1.82) is 0 Å². The van der Waals surface area contributed by atoms with E-state index in [9.17, 15) is 14.0 Å². The quantitative estimate of drug-likeness (QED) is 0.570. The van der Waals surface area contributed by atoms with Crippen molar-refractivity contribution in [2.45, 2.75) is 13.1 Å². The molecule has 1 amide bonds. The van der Waals surface area contributed by atoms with Crippen LogP contribution in [0.4, 0.5) is 4.39 Å². The van der Waals surface area contributed by atoms with Crippen LogP contribution in [0.25, 0.3) is 10.9 Å². The third-order valence-electron chi connectivity index (χ3n) is 4.54. The van der Waals surface area contributed by atoms with Crippen LogP contribution in [0.3, 0.4) is 0 Å². The van der Waals surface area contributed by atoms with Gasteiger partial charge in [-0.05, 0) is 47.5 Å². The van der Waals surface area contributed by atoms with Gasteiger partial charge < -0.3 is 5.32 Å². The standard InChI is InChI=1S/C22H17FN4O2/c23-18-11-7-15(8-12-18)13-24-21(28)17-9-5-16(6-10-17)14-27-22(29)19-3-1-2-4-20(19)25-26-27/h1-12H,13-14H2,(H,24,28). The van der Waals surface area contributed by atoms with Crippen LogP contribution in [-0.2, 0) is 13.1 Å². The number of carbonyl (C=O) groups is 1. The maximum Gasteiger partial charge on any atom is 0.277 e. The summed E-state index contributed by atoms with van der Waals surface area (Å²) in [5.41, 5.74) is 2.48. The molecule has 0 spiro atoms. The number of carbonyl (C=O) groups excluding carboxylic acids is 1. The lowest BCUT2D eigenvalue weighted by molar-refractivity contribution is 0.0951. The van der Waals surface area contributed by atoms with Crippen molar-refractivity contribution in [2.75, 3.05) is 0 Å². The summed E-state index contributed by atoms with van der Waals surface area (Å²) in [7, 11) is 0. The van der Waals surface area contributed by atoms with Crippen LogP contribution in [-0.4, -0.2) is 20.9 Å². The predicted molar refractivity (Wildman–Crippen MR) is 107 cm³/mol. The Bertz CT molecular complexity index is 1220. The molecule has 0 bridgehead atoms. The maximum atomic E-state index is 12.9. The molecule has 0 aliphatic heterocycles. The molecule has 3 aromatic carbocycles. The highest BCUT2D eigenvalue weighted by Gasteiger charge is 2.08. The molecule has 0 radical (unpaired) electrons. The van der Waals surface area contributed by atoms with Crippen molar-refractivity contribution in [3.8, 4) is 0 Å². The molecule has 7 heteroatoms. The van der Waals surface area contributed by atoms with E-state index in [1.165, 1.54) is 16.8 Å². The Kier molecular flexibility index (Phi) is 5.11. The van der Waals surface area contributed by atoms with Gasteiger partial charge in [-0.2, -0.15) is 0 Å². The molecule has 6 nitrogen and oxygen atoms in total. The van der Waals surface area contributed by atoms with E-state index in [2.05, 4.69) is 15.6 Å². The molecule has 1 aromatic heterocycles. The second kappa shape index (κ2) is 8.02. The van der Waals surface area contributed by atoms with Crippen LogP contribution in [0, 0.1) is 5.82 Å². The van der Waals surface area contributed by atoms with Gasteiger partial charge in [-0.3, -0.25) is 9.59 Å². The first-order chi connectivity index (χ1) is 14.1. The second-order valence-electron chi connectivity index (χ2n) is 6.58. The molecule has 0 unspecified atom stereocenters. The van der Waals surface area contributed by atoms with Crippen molar-refractivity contribution in [3.05, 3.63) is 106 Å². The van der Waals surface area contributed by atoms with Gasteiger partial charge in [0, 0.05) is 12.1 Å². The first-order valence-electron chi connectivity index (χ1n) is 9.04. The number of aromatic nitrogens is 3. The summed E-state index contributed by atoms with van der Waals surface area (Å²) in [5, 5.41) is 11.4. The first-order valence-corrected chi connectivity index (χ1v) is 9.04. The zero-order valence-corrected chi connectivity index (χ0v) is 15.4. The molecule has 0 aliphatic rings. The topological polar surface area (TPSA) is 76.9 Å². The number of hydrogen-bond donors (Lipinski definition) is 1. The minimum atomic E-state index is -0.314. The summed E-state index contributed by atoms with van der Waals surface area (Å²) in [6.45, 7) is 0.567. The van der Waals surface area contributed by atoms with Crippen molar-refractivity contribution in [3.63, 3.8) is 0 Å². The Morgan fingerprint density at radius 3 is 2.38 bits per heavy atom. The number of fused-ring (bicyclic) bond motifs is 1. The van der Waals surface area contributed by atoms with E-state index in [0.29, 0.717) is 23.0 Å². The average molecular weight is 388 g/mol. The third kappa shape index (κ3) is 4.19. The van der Waals surface area contributed by atoms with E-state index in [1.54, 1.807) is 60.7 Å². The van der Waals surface area contributed by atoms with Gasteiger partial charge in [0.05, 0.1) is 11.9 Å².